The van der Waals surface area contributed by atoms with E-state index in [4.69, 9.17) is 13.9 Å². The molecule has 28 heavy (non-hydrogen) atoms. The molecular formula is C23H18O5. The van der Waals surface area contributed by atoms with Gasteiger partial charge in [0.05, 0.1) is 12.7 Å². The zero-order valence-corrected chi connectivity index (χ0v) is 15.7. The predicted octanol–water partition coefficient (Wildman–Crippen LogP) is 3.82. The summed E-state index contributed by atoms with van der Waals surface area (Å²) in [7, 11) is 1.60. The summed E-state index contributed by atoms with van der Waals surface area (Å²) < 4.78 is 16.4. The van der Waals surface area contributed by atoms with E-state index in [9.17, 15) is 9.59 Å². The van der Waals surface area contributed by atoms with Crippen LogP contribution in [0.2, 0.25) is 0 Å². The first-order valence-corrected chi connectivity index (χ1v) is 8.92. The number of carbonyl (C=O) groups is 1. The molecule has 1 aliphatic rings. The maximum atomic E-state index is 13.3. The Morgan fingerprint density at radius 2 is 1.79 bits per heavy atom. The molecule has 1 unspecified atom stereocenters. The molecule has 140 valence electrons. The van der Waals surface area contributed by atoms with Gasteiger partial charge in [-0.3, -0.25) is 4.79 Å². The average Bonchev–Trinajstić information content (AvgIpc) is 2.97. The Labute approximate surface area is 161 Å². The third kappa shape index (κ3) is 2.84. The number of fused-ring (bicyclic) bond motifs is 2. The van der Waals surface area contributed by atoms with Crippen LogP contribution in [0.5, 0.6) is 11.5 Å². The van der Waals surface area contributed by atoms with Crippen LogP contribution in [0.25, 0.3) is 11.0 Å². The van der Waals surface area contributed by atoms with E-state index in [0.717, 1.165) is 11.3 Å². The van der Waals surface area contributed by atoms with Gasteiger partial charge in [-0.2, -0.15) is 0 Å². The van der Waals surface area contributed by atoms with Crippen LogP contribution in [-0.4, -0.2) is 18.5 Å². The van der Waals surface area contributed by atoms with E-state index in [1.54, 1.807) is 25.3 Å². The number of Topliss-reactive ketones (excluding diaryl/α,β-unsaturated/α-hetero) is 1. The van der Waals surface area contributed by atoms with Crippen LogP contribution in [0.15, 0.2) is 57.7 Å². The van der Waals surface area contributed by atoms with Gasteiger partial charge in [-0.15, -0.1) is 0 Å². The molecular weight excluding hydrogens is 356 g/mol. The minimum absolute atomic E-state index is 0.187. The van der Waals surface area contributed by atoms with Gasteiger partial charge in [-0.1, -0.05) is 19.8 Å². The molecule has 2 heterocycles. The number of carbonyl (C=O) groups excluding carboxylic acids is 1. The molecule has 0 saturated heterocycles. The van der Waals surface area contributed by atoms with Gasteiger partial charge >= 0.3 is 5.63 Å². The third-order valence-corrected chi connectivity index (χ3v) is 4.87. The van der Waals surface area contributed by atoms with Crippen molar-refractivity contribution >= 4 is 16.8 Å². The Morgan fingerprint density at radius 1 is 1.04 bits per heavy atom. The number of methoxy groups -OCH3 is 1. The van der Waals surface area contributed by atoms with Crippen molar-refractivity contribution < 1.29 is 18.7 Å². The molecule has 1 aliphatic heterocycles. The van der Waals surface area contributed by atoms with Gasteiger partial charge in [0.2, 0.25) is 11.4 Å². The van der Waals surface area contributed by atoms with Gasteiger partial charge in [-0.05, 0) is 42.3 Å². The second-order valence-corrected chi connectivity index (χ2v) is 6.94. The summed E-state index contributed by atoms with van der Waals surface area (Å²) in [6, 6.07) is 13.5. The van der Waals surface area contributed by atoms with Gasteiger partial charge in [0.15, 0.2) is 0 Å². The lowest BCUT2D eigenvalue weighted by Gasteiger charge is -2.25. The SMILES string of the molecule is COc1ccc(C#CC2(C(C)C)Oc3cc4oc(=O)ccc4cc3C2=O)cc1. The zero-order valence-electron chi connectivity index (χ0n) is 15.7. The van der Waals surface area contributed by atoms with Crippen molar-refractivity contribution in [2.75, 3.05) is 7.11 Å². The van der Waals surface area contributed by atoms with E-state index in [1.165, 1.54) is 6.07 Å². The number of hydrogen-bond acceptors (Lipinski definition) is 5. The Balaban J connectivity index is 1.79. The summed E-state index contributed by atoms with van der Waals surface area (Å²) in [6.07, 6.45) is 0. The van der Waals surface area contributed by atoms with Crippen molar-refractivity contribution in [3.05, 3.63) is 70.1 Å². The monoisotopic (exact) mass is 374 g/mol. The zero-order chi connectivity index (χ0) is 19.9. The van der Waals surface area contributed by atoms with Crippen LogP contribution in [0.3, 0.4) is 0 Å². The van der Waals surface area contributed by atoms with E-state index in [0.29, 0.717) is 22.3 Å². The van der Waals surface area contributed by atoms with Gasteiger partial charge in [0.25, 0.3) is 0 Å². The summed E-state index contributed by atoms with van der Waals surface area (Å²) in [5.74, 6) is 6.85. The van der Waals surface area contributed by atoms with Crippen LogP contribution < -0.4 is 15.1 Å². The molecule has 4 rings (SSSR count). The first kappa shape index (κ1) is 17.9. The molecule has 0 aliphatic carbocycles. The second-order valence-electron chi connectivity index (χ2n) is 6.94. The maximum Gasteiger partial charge on any atom is 0.336 e. The van der Waals surface area contributed by atoms with Crippen molar-refractivity contribution in [1.82, 2.24) is 0 Å². The van der Waals surface area contributed by atoms with Crippen molar-refractivity contribution in [2.45, 2.75) is 19.4 Å². The second kappa shape index (κ2) is 6.58. The highest BCUT2D eigenvalue weighted by atomic mass is 16.5. The molecule has 0 bridgehead atoms. The van der Waals surface area contributed by atoms with E-state index in [1.807, 2.05) is 38.1 Å². The predicted molar refractivity (Wildman–Crippen MR) is 105 cm³/mol. The standard InChI is InChI=1S/C23H18O5/c1-14(2)23(11-10-15-4-7-17(26-3)8-5-15)22(25)18-12-16-6-9-21(24)27-19(16)13-20(18)28-23/h4-9,12-14H,1-3H3. The quantitative estimate of drug-likeness (QED) is 0.504. The first-order chi connectivity index (χ1) is 13.4. The summed E-state index contributed by atoms with van der Waals surface area (Å²) in [5, 5.41) is 0.665. The molecule has 0 fully saturated rings. The normalized spacial score (nSPS) is 17.8. The third-order valence-electron chi connectivity index (χ3n) is 4.87. The fourth-order valence-corrected chi connectivity index (χ4v) is 3.22. The first-order valence-electron chi connectivity index (χ1n) is 8.92. The molecule has 0 saturated carbocycles. The fraction of sp³-hybridized carbons (Fsp3) is 0.217. The fourth-order valence-electron chi connectivity index (χ4n) is 3.22. The Bertz CT molecular complexity index is 1190. The summed E-state index contributed by atoms with van der Waals surface area (Å²) >= 11 is 0. The summed E-state index contributed by atoms with van der Waals surface area (Å²) in [5.41, 5.74) is -0.170. The minimum Gasteiger partial charge on any atom is -0.497 e. The molecule has 0 amide bonds. The number of hydrogen-bond donors (Lipinski definition) is 0. The number of rotatable bonds is 2. The number of ether oxygens (including phenoxy) is 2. The lowest BCUT2D eigenvalue weighted by molar-refractivity contribution is 0.0606. The topological polar surface area (TPSA) is 65.7 Å². The molecule has 0 N–H and O–H groups in total. The summed E-state index contributed by atoms with van der Waals surface area (Å²) in [6.45, 7) is 3.79. The summed E-state index contributed by atoms with van der Waals surface area (Å²) in [4.78, 5) is 24.7. The molecule has 5 heteroatoms. The van der Waals surface area contributed by atoms with Gasteiger partial charge in [0.1, 0.15) is 17.1 Å². The lowest BCUT2D eigenvalue weighted by atomic mass is 9.85. The highest BCUT2D eigenvalue weighted by Crippen LogP contribution is 2.41. The Morgan fingerprint density at radius 3 is 2.46 bits per heavy atom. The van der Waals surface area contributed by atoms with Crippen LogP contribution in [0.1, 0.15) is 29.8 Å². The molecule has 3 aromatic rings. The van der Waals surface area contributed by atoms with Crippen LogP contribution in [0, 0.1) is 17.8 Å². The minimum atomic E-state index is -1.29. The van der Waals surface area contributed by atoms with Crippen molar-refractivity contribution in [3.8, 4) is 23.3 Å². The van der Waals surface area contributed by atoms with Crippen molar-refractivity contribution in [2.24, 2.45) is 5.92 Å². The van der Waals surface area contributed by atoms with Gasteiger partial charge < -0.3 is 13.9 Å². The van der Waals surface area contributed by atoms with E-state index in [2.05, 4.69) is 11.8 Å². The Kier molecular flexibility index (Phi) is 4.20. The van der Waals surface area contributed by atoms with Crippen molar-refractivity contribution in [3.63, 3.8) is 0 Å². The van der Waals surface area contributed by atoms with E-state index >= 15 is 0 Å². The number of ketones is 1. The lowest BCUT2D eigenvalue weighted by Crippen LogP contribution is -2.44. The average molecular weight is 374 g/mol. The largest absolute Gasteiger partial charge is 0.497 e. The molecule has 0 spiro atoms. The van der Waals surface area contributed by atoms with Crippen molar-refractivity contribution in [1.29, 1.82) is 0 Å². The molecule has 5 nitrogen and oxygen atoms in total. The van der Waals surface area contributed by atoms with Crippen LogP contribution in [-0.2, 0) is 0 Å². The van der Waals surface area contributed by atoms with E-state index in [-0.39, 0.29) is 11.7 Å². The van der Waals surface area contributed by atoms with Crippen LogP contribution in [0.4, 0.5) is 0 Å². The number of benzene rings is 2. The maximum absolute atomic E-state index is 13.3. The highest BCUT2D eigenvalue weighted by Gasteiger charge is 2.49. The van der Waals surface area contributed by atoms with Gasteiger partial charge in [-0.25, -0.2) is 4.79 Å². The molecule has 1 atom stereocenters. The Hall–Kier alpha value is -3.52. The van der Waals surface area contributed by atoms with Gasteiger partial charge in [0, 0.05) is 29.0 Å². The van der Waals surface area contributed by atoms with Crippen LogP contribution >= 0.6 is 0 Å². The molecule has 1 aromatic heterocycles. The van der Waals surface area contributed by atoms with E-state index < -0.39 is 11.2 Å². The highest BCUT2D eigenvalue weighted by molar-refractivity contribution is 6.11. The smallest absolute Gasteiger partial charge is 0.336 e. The molecule has 2 aromatic carbocycles. The molecule has 0 radical (unpaired) electrons.